The Morgan fingerprint density at radius 1 is 1.28 bits per heavy atom. The topological polar surface area (TPSA) is 89.9 Å². The zero-order valence-electron chi connectivity index (χ0n) is 16.9. The number of carbonyl (C=O) groups is 1. The van der Waals surface area contributed by atoms with E-state index in [1.54, 1.807) is 18.7 Å². The molecular weight excluding hydrogens is 368 g/mol. The smallest absolute Gasteiger partial charge is 0.224 e. The minimum atomic E-state index is 0.223. The van der Waals surface area contributed by atoms with Crippen LogP contribution in [0.3, 0.4) is 0 Å². The van der Waals surface area contributed by atoms with Gasteiger partial charge >= 0.3 is 0 Å². The number of carbonyl (C=O) groups excluding carboxylic acids is 1. The number of rotatable bonds is 7. The highest BCUT2D eigenvalue weighted by Gasteiger charge is 2.28. The van der Waals surface area contributed by atoms with Crippen molar-refractivity contribution >= 4 is 5.91 Å². The summed E-state index contributed by atoms with van der Waals surface area (Å²) in [5.41, 5.74) is 3.45. The molecule has 3 aromatic rings. The maximum Gasteiger partial charge on any atom is 0.224 e. The Balaban J connectivity index is 1.32. The summed E-state index contributed by atoms with van der Waals surface area (Å²) >= 11 is 0. The molecule has 1 aliphatic heterocycles. The summed E-state index contributed by atoms with van der Waals surface area (Å²) in [6.45, 7) is 5.31. The lowest BCUT2D eigenvalue weighted by Gasteiger charge is -2.25. The Bertz CT molecular complexity index is 929. The van der Waals surface area contributed by atoms with Gasteiger partial charge in [-0.15, -0.1) is 0 Å². The number of hydrogen-bond acceptors (Lipinski definition) is 6. The molecule has 1 fully saturated rings. The number of amides is 1. The van der Waals surface area contributed by atoms with E-state index in [1.165, 1.54) is 0 Å². The van der Waals surface area contributed by atoms with Crippen LogP contribution in [-0.2, 0) is 17.8 Å². The van der Waals surface area contributed by atoms with Crippen molar-refractivity contribution in [1.82, 2.24) is 29.6 Å². The Morgan fingerprint density at radius 3 is 2.86 bits per heavy atom. The van der Waals surface area contributed by atoms with Gasteiger partial charge in [-0.3, -0.25) is 14.8 Å². The summed E-state index contributed by atoms with van der Waals surface area (Å²) < 4.78 is 7.16. The minimum absolute atomic E-state index is 0.223. The van der Waals surface area contributed by atoms with Gasteiger partial charge in [0, 0.05) is 44.1 Å². The molecule has 4 rings (SSSR count). The lowest BCUT2D eigenvalue weighted by atomic mass is 10.1. The van der Waals surface area contributed by atoms with Gasteiger partial charge in [0.25, 0.3) is 0 Å². The predicted molar refractivity (Wildman–Crippen MR) is 107 cm³/mol. The van der Waals surface area contributed by atoms with E-state index in [0.717, 1.165) is 60.6 Å². The molecule has 1 aliphatic rings. The standard InChI is InChI=1S/C21H26N6O2/c1-15-21(16(2)29-25-15)19-13-23-17(12-24-19)5-6-18-4-3-9-27(18)20(28)7-10-26-11-8-22-14-26/h8,11-14,18H,3-7,9-10H2,1-2H3/t18-/m0/s1. The molecule has 0 unspecified atom stereocenters. The fraction of sp³-hybridized carbons (Fsp3) is 0.476. The van der Waals surface area contributed by atoms with Crippen LogP contribution in [0.15, 0.2) is 35.6 Å². The van der Waals surface area contributed by atoms with E-state index < -0.39 is 0 Å². The van der Waals surface area contributed by atoms with Gasteiger partial charge in [0.1, 0.15) is 5.76 Å². The van der Waals surface area contributed by atoms with Gasteiger partial charge < -0.3 is 14.0 Å². The molecule has 0 radical (unpaired) electrons. The van der Waals surface area contributed by atoms with Crippen LogP contribution in [0.4, 0.5) is 0 Å². The van der Waals surface area contributed by atoms with Crippen molar-refractivity contribution in [2.45, 2.75) is 58.5 Å². The molecule has 3 aromatic heterocycles. The highest BCUT2D eigenvalue weighted by molar-refractivity contribution is 5.76. The average molecular weight is 394 g/mol. The molecule has 1 saturated heterocycles. The fourth-order valence-corrected chi connectivity index (χ4v) is 4.03. The first-order valence-corrected chi connectivity index (χ1v) is 10.1. The van der Waals surface area contributed by atoms with Gasteiger partial charge in [0.05, 0.1) is 35.2 Å². The SMILES string of the molecule is Cc1noc(C)c1-c1cnc(CC[C@@H]2CCCN2C(=O)CCn2ccnc2)cn1. The van der Waals surface area contributed by atoms with Crippen LogP contribution in [0, 0.1) is 13.8 Å². The number of aromatic nitrogens is 5. The molecule has 1 amide bonds. The van der Waals surface area contributed by atoms with Crippen LogP contribution >= 0.6 is 0 Å². The lowest BCUT2D eigenvalue weighted by molar-refractivity contribution is -0.132. The van der Waals surface area contributed by atoms with Gasteiger partial charge in [-0.25, -0.2) is 4.98 Å². The van der Waals surface area contributed by atoms with Crippen molar-refractivity contribution in [2.24, 2.45) is 0 Å². The number of nitrogens with zero attached hydrogens (tertiary/aromatic N) is 6. The fourth-order valence-electron chi connectivity index (χ4n) is 4.03. The largest absolute Gasteiger partial charge is 0.361 e. The molecule has 0 N–H and O–H groups in total. The Kier molecular flexibility index (Phi) is 5.69. The normalized spacial score (nSPS) is 16.5. The van der Waals surface area contributed by atoms with E-state index in [1.807, 2.05) is 35.7 Å². The van der Waals surface area contributed by atoms with Crippen LogP contribution in [0.1, 0.15) is 42.8 Å². The van der Waals surface area contributed by atoms with Gasteiger partial charge in [-0.1, -0.05) is 5.16 Å². The third-order valence-electron chi connectivity index (χ3n) is 5.57. The van der Waals surface area contributed by atoms with E-state index in [0.29, 0.717) is 13.0 Å². The van der Waals surface area contributed by atoms with E-state index in [-0.39, 0.29) is 11.9 Å². The Labute approximate surface area is 170 Å². The molecular formula is C21H26N6O2. The molecule has 8 nitrogen and oxygen atoms in total. The maximum atomic E-state index is 12.7. The van der Waals surface area contributed by atoms with Crippen molar-refractivity contribution in [1.29, 1.82) is 0 Å². The average Bonchev–Trinajstić information content (AvgIpc) is 3.47. The zero-order chi connectivity index (χ0) is 20.2. The first kappa shape index (κ1) is 19.3. The van der Waals surface area contributed by atoms with Gasteiger partial charge in [-0.05, 0) is 39.5 Å². The highest BCUT2D eigenvalue weighted by atomic mass is 16.5. The number of hydrogen-bond donors (Lipinski definition) is 0. The van der Waals surface area contributed by atoms with Gasteiger partial charge in [0.15, 0.2) is 0 Å². The van der Waals surface area contributed by atoms with Crippen LogP contribution < -0.4 is 0 Å². The molecule has 1 atom stereocenters. The second-order valence-corrected chi connectivity index (χ2v) is 7.56. The summed E-state index contributed by atoms with van der Waals surface area (Å²) in [5, 5.41) is 3.97. The van der Waals surface area contributed by atoms with E-state index >= 15 is 0 Å². The first-order valence-electron chi connectivity index (χ1n) is 10.1. The molecule has 152 valence electrons. The van der Waals surface area contributed by atoms with E-state index in [2.05, 4.69) is 20.1 Å². The molecule has 29 heavy (non-hydrogen) atoms. The predicted octanol–water partition coefficient (Wildman–Crippen LogP) is 2.96. The molecule has 0 spiro atoms. The van der Waals surface area contributed by atoms with Crippen LogP contribution in [0.2, 0.25) is 0 Å². The van der Waals surface area contributed by atoms with Gasteiger partial charge in [0.2, 0.25) is 5.91 Å². The molecule has 0 saturated carbocycles. The third kappa shape index (κ3) is 4.36. The van der Waals surface area contributed by atoms with Crippen LogP contribution in [0.5, 0.6) is 0 Å². The van der Waals surface area contributed by atoms with Crippen molar-refractivity contribution in [2.75, 3.05) is 6.54 Å². The zero-order valence-corrected chi connectivity index (χ0v) is 16.9. The summed E-state index contributed by atoms with van der Waals surface area (Å²) in [5.74, 6) is 0.974. The Hall–Kier alpha value is -3.03. The second-order valence-electron chi connectivity index (χ2n) is 7.56. The third-order valence-corrected chi connectivity index (χ3v) is 5.57. The van der Waals surface area contributed by atoms with E-state index in [4.69, 9.17) is 4.52 Å². The van der Waals surface area contributed by atoms with Crippen molar-refractivity contribution < 1.29 is 9.32 Å². The van der Waals surface area contributed by atoms with Crippen molar-refractivity contribution in [3.05, 3.63) is 48.3 Å². The molecule has 8 heteroatoms. The second kappa shape index (κ2) is 8.55. The quantitative estimate of drug-likeness (QED) is 0.612. The highest BCUT2D eigenvalue weighted by Crippen LogP contribution is 2.25. The van der Waals surface area contributed by atoms with E-state index in [9.17, 15) is 4.79 Å². The number of aryl methyl sites for hydroxylation is 4. The summed E-state index contributed by atoms with van der Waals surface area (Å²) in [7, 11) is 0. The molecule has 0 bridgehead atoms. The van der Waals surface area contributed by atoms with Crippen molar-refractivity contribution in [3.63, 3.8) is 0 Å². The minimum Gasteiger partial charge on any atom is -0.361 e. The summed E-state index contributed by atoms with van der Waals surface area (Å²) in [6, 6.07) is 0.286. The summed E-state index contributed by atoms with van der Waals surface area (Å²) in [4.78, 5) is 27.8. The first-order chi connectivity index (χ1) is 14.1. The number of likely N-dealkylation sites (tertiary alicyclic amines) is 1. The molecule has 4 heterocycles. The summed E-state index contributed by atoms with van der Waals surface area (Å²) in [6.07, 6.45) is 13.3. The van der Waals surface area contributed by atoms with Crippen LogP contribution in [-0.4, -0.2) is 48.1 Å². The maximum absolute atomic E-state index is 12.7. The Morgan fingerprint density at radius 2 is 2.17 bits per heavy atom. The molecule has 0 aliphatic carbocycles. The van der Waals surface area contributed by atoms with Crippen molar-refractivity contribution in [3.8, 4) is 11.3 Å². The van der Waals surface area contributed by atoms with Crippen LogP contribution in [0.25, 0.3) is 11.3 Å². The monoisotopic (exact) mass is 394 g/mol. The molecule has 0 aromatic carbocycles. The lowest BCUT2D eigenvalue weighted by Crippen LogP contribution is -2.36. The number of imidazole rings is 1. The van der Waals surface area contributed by atoms with Gasteiger partial charge in [-0.2, -0.15) is 0 Å².